The summed E-state index contributed by atoms with van der Waals surface area (Å²) < 4.78 is 0. The van der Waals surface area contributed by atoms with Gasteiger partial charge >= 0.3 is 0 Å². The van der Waals surface area contributed by atoms with E-state index in [0.29, 0.717) is 17.6 Å². The van der Waals surface area contributed by atoms with Crippen LogP contribution in [0.3, 0.4) is 0 Å². The van der Waals surface area contributed by atoms with Gasteiger partial charge in [0.25, 0.3) is 0 Å². The van der Waals surface area contributed by atoms with E-state index in [1.807, 2.05) is 6.92 Å². The Morgan fingerprint density at radius 3 is 2.52 bits per heavy atom. The van der Waals surface area contributed by atoms with Gasteiger partial charge in [0.05, 0.1) is 5.60 Å². The van der Waals surface area contributed by atoms with Gasteiger partial charge in [-0.3, -0.25) is 0 Å². The Hall–Kier alpha value is -1.02. The van der Waals surface area contributed by atoms with E-state index in [1.54, 1.807) is 0 Å². The summed E-state index contributed by atoms with van der Waals surface area (Å²) in [4.78, 5) is 0. The molecule has 23 heavy (non-hydrogen) atoms. The number of rotatable bonds is 0. The zero-order valence-corrected chi connectivity index (χ0v) is 14.9. The summed E-state index contributed by atoms with van der Waals surface area (Å²) in [6.45, 7) is 8.85. The van der Waals surface area contributed by atoms with Crippen LogP contribution in [0.4, 0.5) is 0 Å². The van der Waals surface area contributed by atoms with Crippen molar-refractivity contribution >= 4 is 0 Å². The molecule has 0 radical (unpaired) electrons. The molecule has 1 aromatic rings. The monoisotopic (exact) mass is 314 g/mol. The van der Waals surface area contributed by atoms with Crippen molar-refractivity contribution < 1.29 is 10.2 Å². The van der Waals surface area contributed by atoms with Crippen LogP contribution >= 0.6 is 0 Å². The van der Waals surface area contributed by atoms with Crippen LogP contribution in [0.5, 0.6) is 5.75 Å². The van der Waals surface area contributed by atoms with Crippen LogP contribution in [0.1, 0.15) is 69.6 Å². The largest absolute Gasteiger partial charge is 0.507 e. The van der Waals surface area contributed by atoms with Crippen LogP contribution in [-0.4, -0.2) is 15.8 Å². The maximum Gasteiger partial charge on any atom is 0.122 e. The molecule has 1 aromatic carbocycles. The van der Waals surface area contributed by atoms with Gasteiger partial charge in [-0.2, -0.15) is 0 Å². The lowest BCUT2D eigenvalue weighted by molar-refractivity contribution is -0.151. The average Bonchev–Trinajstić information content (AvgIpc) is 2.77. The zero-order chi connectivity index (χ0) is 16.6. The maximum absolute atomic E-state index is 11.0. The molecule has 0 unspecified atom stereocenters. The van der Waals surface area contributed by atoms with Gasteiger partial charge in [-0.15, -0.1) is 0 Å². The Balaban J connectivity index is 1.84. The number of fused-ring (bicyclic) bond motifs is 5. The van der Waals surface area contributed by atoms with Crippen molar-refractivity contribution in [3.05, 3.63) is 28.8 Å². The van der Waals surface area contributed by atoms with Gasteiger partial charge in [-0.05, 0) is 74.3 Å². The number of hydrogen-bond acceptors (Lipinski definition) is 2. The Morgan fingerprint density at radius 1 is 1.04 bits per heavy atom. The number of benzene rings is 1. The van der Waals surface area contributed by atoms with Gasteiger partial charge in [0.2, 0.25) is 0 Å². The molecule has 2 N–H and O–H groups in total. The molecule has 0 amide bonds. The third-order valence-electron chi connectivity index (χ3n) is 7.92. The fraction of sp³-hybridized carbons (Fsp3) is 0.714. The first-order chi connectivity index (χ1) is 10.7. The van der Waals surface area contributed by atoms with Crippen LogP contribution in [0.2, 0.25) is 0 Å². The van der Waals surface area contributed by atoms with Gasteiger partial charge in [0, 0.05) is 11.0 Å². The van der Waals surface area contributed by atoms with Crippen molar-refractivity contribution in [1.82, 2.24) is 0 Å². The van der Waals surface area contributed by atoms with E-state index in [0.717, 1.165) is 37.7 Å². The number of aliphatic hydroxyl groups is 1. The number of phenols is 1. The molecule has 0 aliphatic heterocycles. The Bertz CT molecular complexity index is 662. The minimum atomic E-state index is -0.527. The lowest BCUT2D eigenvalue weighted by Gasteiger charge is -2.60. The highest BCUT2D eigenvalue weighted by atomic mass is 16.3. The van der Waals surface area contributed by atoms with Crippen molar-refractivity contribution in [2.45, 2.75) is 77.2 Å². The van der Waals surface area contributed by atoms with Crippen LogP contribution in [0.25, 0.3) is 0 Å². The van der Waals surface area contributed by atoms with Gasteiger partial charge < -0.3 is 10.2 Å². The van der Waals surface area contributed by atoms with E-state index in [-0.39, 0.29) is 10.8 Å². The van der Waals surface area contributed by atoms with Crippen LogP contribution < -0.4 is 0 Å². The van der Waals surface area contributed by atoms with Crippen LogP contribution in [0.15, 0.2) is 12.1 Å². The Labute approximate surface area is 139 Å². The predicted molar refractivity (Wildman–Crippen MR) is 92.7 cm³/mol. The van der Waals surface area contributed by atoms with E-state index in [2.05, 4.69) is 32.9 Å². The van der Waals surface area contributed by atoms with E-state index in [9.17, 15) is 10.2 Å². The number of aryl methyl sites for hydroxylation is 1. The normalized spacial score (nSPS) is 45.3. The first-order valence-electron chi connectivity index (χ1n) is 9.24. The van der Waals surface area contributed by atoms with E-state index < -0.39 is 5.60 Å². The second-order valence-corrected chi connectivity index (χ2v) is 9.25. The van der Waals surface area contributed by atoms with Crippen LogP contribution in [-0.2, 0) is 11.8 Å². The van der Waals surface area contributed by atoms with Gasteiger partial charge in [-0.1, -0.05) is 32.4 Å². The van der Waals surface area contributed by atoms with Crippen molar-refractivity contribution in [3.63, 3.8) is 0 Å². The van der Waals surface area contributed by atoms with E-state index in [4.69, 9.17) is 0 Å². The highest BCUT2D eigenvalue weighted by Crippen LogP contribution is 2.66. The molecule has 4 rings (SSSR count). The van der Waals surface area contributed by atoms with Crippen molar-refractivity contribution in [2.75, 3.05) is 0 Å². The van der Waals surface area contributed by atoms with Gasteiger partial charge in [-0.25, -0.2) is 0 Å². The molecular formula is C21H30O2. The molecule has 126 valence electrons. The lowest BCUT2D eigenvalue weighted by Crippen LogP contribution is -2.58. The summed E-state index contributed by atoms with van der Waals surface area (Å²) in [6, 6.07) is 4.29. The highest BCUT2D eigenvalue weighted by molar-refractivity contribution is 5.54. The smallest absolute Gasteiger partial charge is 0.122 e. The second-order valence-electron chi connectivity index (χ2n) is 9.25. The molecular weight excluding hydrogens is 284 g/mol. The van der Waals surface area contributed by atoms with E-state index >= 15 is 0 Å². The fourth-order valence-electron chi connectivity index (χ4n) is 6.81. The Kier molecular flexibility index (Phi) is 3.06. The number of phenolic OH excluding ortho intramolecular Hbond substituents is 1. The summed E-state index contributed by atoms with van der Waals surface area (Å²) in [7, 11) is 0. The Morgan fingerprint density at radius 2 is 1.78 bits per heavy atom. The molecule has 2 fully saturated rings. The first-order valence-corrected chi connectivity index (χ1v) is 9.24. The molecule has 0 bridgehead atoms. The topological polar surface area (TPSA) is 40.5 Å². The highest BCUT2D eigenvalue weighted by Gasteiger charge is 2.62. The first kappa shape index (κ1) is 15.5. The maximum atomic E-state index is 11.0. The minimum Gasteiger partial charge on any atom is -0.507 e. The number of aromatic hydroxyl groups is 1. The van der Waals surface area contributed by atoms with Crippen LogP contribution in [0, 0.1) is 24.2 Å². The average molecular weight is 314 g/mol. The quantitative estimate of drug-likeness (QED) is 0.741. The summed E-state index contributed by atoms with van der Waals surface area (Å²) in [6.07, 6.45) is 6.48. The SMILES string of the molecule is Cc1ccc2c(c1O)[C@@]1(C)CC[C@@H]3[C@](C)(CCC[C@]3(C)O)[C@H]1C2. The molecule has 0 saturated heterocycles. The number of hydrogen-bond donors (Lipinski definition) is 2. The molecule has 0 heterocycles. The zero-order valence-electron chi connectivity index (χ0n) is 14.9. The summed E-state index contributed by atoms with van der Waals surface area (Å²) >= 11 is 0. The standard InChI is InChI=1S/C21H30O2/c1-13-6-7-14-12-16-19(2)9-5-10-21(4,23)15(19)8-11-20(16,3)17(14)18(13)22/h6-7,15-16,22-23H,5,8-12H2,1-4H3/t15-,16-,19+,20+,21+/m1/s1. The van der Waals surface area contributed by atoms with Crippen molar-refractivity contribution in [3.8, 4) is 5.75 Å². The van der Waals surface area contributed by atoms with E-state index in [1.165, 1.54) is 17.5 Å². The molecule has 2 nitrogen and oxygen atoms in total. The third kappa shape index (κ3) is 1.85. The molecule has 5 atom stereocenters. The molecule has 2 saturated carbocycles. The van der Waals surface area contributed by atoms with Crippen molar-refractivity contribution in [1.29, 1.82) is 0 Å². The molecule has 3 aliphatic rings. The lowest BCUT2D eigenvalue weighted by atomic mass is 9.45. The third-order valence-corrected chi connectivity index (χ3v) is 7.92. The molecule has 2 heteroatoms. The molecule has 3 aliphatic carbocycles. The van der Waals surface area contributed by atoms with Gasteiger partial charge in [0.15, 0.2) is 0 Å². The summed E-state index contributed by atoms with van der Waals surface area (Å²) in [5.74, 6) is 1.44. The second kappa shape index (κ2) is 4.53. The molecule has 0 aromatic heterocycles. The fourth-order valence-corrected chi connectivity index (χ4v) is 6.81. The summed E-state index contributed by atoms with van der Waals surface area (Å²) in [5.41, 5.74) is 3.26. The van der Waals surface area contributed by atoms with Crippen molar-refractivity contribution in [2.24, 2.45) is 17.3 Å². The predicted octanol–water partition coefficient (Wildman–Crippen LogP) is 4.48. The summed E-state index contributed by atoms with van der Waals surface area (Å²) in [5, 5.41) is 21.8. The molecule has 0 spiro atoms. The minimum absolute atomic E-state index is 0.0596. The van der Waals surface area contributed by atoms with Gasteiger partial charge in [0.1, 0.15) is 5.75 Å².